The highest BCUT2D eigenvalue weighted by Gasteiger charge is 2.40. The first-order valence-electron chi connectivity index (χ1n) is 6.59. The Labute approximate surface area is 117 Å². The van der Waals surface area contributed by atoms with Crippen LogP contribution >= 0.6 is 0 Å². The van der Waals surface area contributed by atoms with Crippen molar-refractivity contribution in [1.29, 1.82) is 0 Å². The molecule has 0 aromatic carbocycles. The summed E-state index contributed by atoms with van der Waals surface area (Å²) in [6, 6.07) is 1.06. The molecule has 18 heavy (non-hydrogen) atoms. The lowest BCUT2D eigenvalue weighted by molar-refractivity contribution is 0.271. The quantitative estimate of drug-likeness (QED) is 0.441. The van der Waals surface area contributed by atoms with Crippen LogP contribution in [0, 0.1) is 0 Å². The zero-order chi connectivity index (χ0) is 13.6. The molecule has 0 aromatic heterocycles. The maximum Gasteiger partial charge on any atom is 0.313 e. The Morgan fingerprint density at radius 1 is 1.17 bits per heavy atom. The summed E-state index contributed by atoms with van der Waals surface area (Å²) in [4.78, 5) is 0. The predicted octanol–water partition coefficient (Wildman–Crippen LogP) is 2.05. The first-order chi connectivity index (χ1) is 8.35. The van der Waals surface area contributed by atoms with Crippen molar-refractivity contribution >= 4 is 36.4 Å². The second-order valence-corrected chi connectivity index (χ2v) is 17.0. The van der Waals surface area contributed by atoms with Crippen molar-refractivity contribution in [1.82, 2.24) is 0 Å². The highest BCUT2D eigenvalue weighted by atomic mass is 28.5. The first-order valence-corrected chi connectivity index (χ1v) is 15.1. The van der Waals surface area contributed by atoms with E-state index in [1.807, 2.05) is 6.08 Å². The first kappa shape index (κ1) is 16.5. The Balaban J connectivity index is 2.44. The largest absolute Gasteiger partial charge is 0.422 e. The molecule has 1 aliphatic heterocycles. The van der Waals surface area contributed by atoms with Gasteiger partial charge in [0.1, 0.15) is 0 Å². The van der Waals surface area contributed by atoms with Crippen LogP contribution in [0.1, 0.15) is 19.3 Å². The van der Waals surface area contributed by atoms with Gasteiger partial charge in [-0.05, 0) is 45.1 Å². The van der Waals surface area contributed by atoms with Gasteiger partial charge in [0.2, 0.25) is 0 Å². The van der Waals surface area contributed by atoms with E-state index in [2.05, 4.69) is 32.8 Å². The lowest BCUT2D eigenvalue weighted by Gasteiger charge is -2.38. The van der Waals surface area contributed by atoms with Gasteiger partial charge in [-0.15, -0.1) is 6.58 Å². The zero-order valence-corrected chi connectivity index (χ0v) is 16.6. The van der Waals surface area contributed by atoms with E-state index in [1.54, 1.807) is 0 Å². The van der Waals surface area contributed by atoms with Crippen LogP contribution in [0.4, 0.5) is 0 Å². The summed E-state index contributed by atoms with van der Waals surface area (Å²) in [7, 11) is -6.54. The predicted molar refractivity (Wildman–Crippen MR) is 83.9 cm³/mol. The summed E-state index contributed by atoms with van der Waals surface area (Å²) in [5, 5.41) is 0. The molecule has 0 saturated carbocycles. The third kappa shape index (κ3) is 6.57. The third-order valence-corrected chi connectivity index (χ3v) is 16.1. The molecule has 8 heteroatoms. The highest BCUT2D eigenvalue weighted by Crippen LogP contribution is 2.21. The number of allylic oxidation sites excluding steroid dienone is 1. The molecule has 1 unspecified atom stereocenters. The molecule has 0 N–H and O–H groups in total. The molecular weight excluding hydrogens is 296 g/mol. The van der Waals surface area contributed by atoms with Gasteiger partial charge >= 0.3 is 26.4 Å². The van der Waals surface area contributed by atoms with Crippen molar-refractivity contribution in [2.24, 2.45) is 0 Å². The van der Waals surface area contributed by atoms with E-state index >= 15 is 0 Å². The molecule has 1 saturated heterocycles. The van der Waals surface area contributed by atoms with E-state index in [-0.39, 0.29) is 0 Å². The Bertz CT molecular complexity index is 273. The molecule has 106 valence electrons. The fourth-order valence-electron chi connectivity index (χ4n) is 1.99. The molecule has 1 rings (SSSR count). The van der Waals surface area contributed by atoms with Crippen molar-refractivity contribution in [2.45, 2.75) is 51.5 Å². The molecular formula is C10H26O4Si4. The van der Waals surface area contributed by atoms with E-state index < -0.39 is 36.4 Å². The topological polar surface area (TPSA) is 36.9 Å². The monoisotopic (exact) mass is 322 g/mol. The van der Waals surface area contributed by atoms with Crippen molar-refractivity contribution in [3.05, 3.63) is 12.7 Å². The van der Waals surface area contributed by atoms with Crippen molar-refractivity contribution < 1.29 is 16.5 Å². The second-order valence-electron chi connectivity index (χ2n) is 5.45. The summed E-state index contributed by atoms with van der Waals surface area (Å²) in [6.45, 7) is 12.1. The van der Waals surface area contributed by atoms with Crippen molar-refractivity contribution in [2.75, 3.05) is 0 Å². The molecule has 0 bridgehead atoms. The number of hydrogen-bond donors (Lipinski definition) is 0. The number of rotatable bonds is 5. The van der Waals surface area contributed by atoms with Gasteiger partial charge in [-0.1, -0.05) is 12.5 Å². The maximum absolute atomic E-state index is 6.19. The van der Waals surface area contributed by atoms with Crippen LogP contribution < -0.4 is 0 Å². The molecule has 4 nitrogen and oxygen atoms in total. The molecule has 0 spiro atoms. The summed E-state index contributed by atoms with van der Waals surface area (Å²) < 4.78 is 24.1. The van der Waals surface area contributed by atoms with E-state index in [4.69, 9.17) is 16.5 Å². The lowest BCUT2D eigenvalue weighted by Crippen LogP contribution is -2.54. The third-order valence-electron chi connectivity index (χ3n) is 2.67. The average molecular weight is 323 g/mol. The summed E-state index contributed by atoms with van der Waals surface area (Å²) >= 11 is 0. The molecule has 1 fully saturated rings. The van der Waals surface area contributed by atoms with Gasteiger partial charge in [0.05, 0.1) is 0 Å². The summed E-state index contributed by atoms with van der Waals surface area (Å²) in [6.07, 6.45) is 5.37. The van der Waals surface area contributed by atoms with Gasteiger partial charge in [0.25, 0.3) is 10.0 Å². The number of hydrogen-bond acceptors (Lipinski definition) is 4. The molecule has 1 heterocycles. The fourth-order valence-corrected chi connectivity index (χ4v) is 15.9. The van der Waals surface area contributed by atoms with Gasteiger partial charge in [0, 0.05) is 0 Å². The van der Waals surface area contributed by atoms with Crippen LogP contribution in [-0.4, -0.2) is 36.4 Å². The van der Waals surface area contributed by atoms with Crippen LogP contribution in [-0.2, 0) is 16.5 Å². The van der Waals surface area contributed by atoms with E-state index in [0.29, 0.717) is 0 Å². The van der Waals surface area contributed by atoms with Gasteiger partial charge in [-0.2, -0.15) is 0 Å². The van der Waals surface area contributed by atoms with E-state index in [0.717, 1.165) is 18.9 Å². The molecule has 0 aliphatic carbocycles. The zero-order valence-electron chi connectivity index (χ0n) is 12.0. The Hall–Kier alpha value is 0.448. The minimum absolute atomic E-state index is 0.913. The SMILES string of the molecule is C=CCCCC[SiH]1O[SiH2]O[Si](C)(C)O[Si](C)(C)O1. The minimum atomic E-state index is -2.06. The van der Waals surface area contributed by atoms with Crippen LogP contribution in [0.25, 0.3) is 0 Å². The van der Waals surface area contributed by atoms with Gasteiger partial charge < -0.3 is 16.5 Å². The molecule has 1 atom stereocenters. The number of unbranched alkanes of at least 4 members (excludes halogenated alkanes) is 2. The molecule has 1 aliphatic rings. The van der Waals surface area contributed by atoms with Gasteiger partial charge in [0.15, 0.2) is 0 Å². The van der Waals surface area contributed by atoms with Crippen molar-refractivity contribution in [3.63, 3.8) is 0 Å². The minimum Gasteiger partial charge on any atom is -0.422 e. The van der Waals surface area contributed by atoms with E-state index in [1.165, 1.54) is 6.42 Å². The van der Waals surface area contributed by atoms with Crippen LogP contribution in [0.3, 0.4) is 0 Å². The maximum atomic E-state index is 6.19. The standard InChI is InChI=1S/C10H26O4Si4/c1-6-7-8-9-10-16-11-15-12-17(2,3)14-18(4,5)13-16/h6,16H,1,7-10,15H2,2-5H3. The van der Waals surface area contributed by atoms with Crippen molar-refractivity contribution in [3.8, 4) is 0 Å². The molecule has 0 aromatic rings. The lowest BCUT2D eigenvalue weighted by atomic mass is 10.2. The van der Waals surface area contributed by atoms with Gasteiger partial charge in [-0.3, -0.25) is 0 Å². The van der Waals surface area contributed by atoms with E-state index in [9.17, 15) is 0 Å². The summed E-state index contributed by atoms with van der Waals surface area (Å²) in [5.41, 5.74) is 0. The molecule has 0 radical (unpaired) electrons. The Morgan fingerprint density at radius 3 is 2.56 bits per heavy atom. The normalized spacial score (nSPS) is 28.6. The Kier molecular flexibility index (Phi) is 6.68. The Morgan fingerprint density at radius 2 is 1.89 bits per heavy atom. The second kappa shape index (κ2) is 7.29. The summed E-state index contributed by atoms with van der Waals surface area (Å²) in [5.74, 6) is 0. The fraction of sp³-hybridized carbons (Fsp3) is 0.800. The highest BCUT2D eigenvalue weighted by molar-refractivity contribution is 6.84. The smallest absolute Gasteiger partial charge is 0.313 e. The average Bonchev–Trinajstić information content (AvgIpc) is 2.19. The van der Waals surface area contributed by atoms with Crippen LogP contribution in [0.5, 0.6) is 0 Å². The van der Waals surface area contributed by atoms with Crippen LogP contribution in [0.2, 0.25) is 32.2 Å². The van der Waals surface area contributed by atoms with Crippen LogP contribution in [0.15, 0.2) is 12.7 Å². The van der Waals surface area contributed by atoms with Gasteiger partial charge in [-0.25, -0.2) is 0 Å². The molecule has 0 amide bonds.